The summed E-state index contributed by atoms with van der Waals surface area (Å²) in [7, 11) is 0. The molecule has 6 heteroatoms. The minimum absolute atomic E-state index is 0.0737. The molecule has 3 N–H and O–H groups in total. The van der Waals surface area contributed by atoms with Crippen molar-refractivity contribution in [2.45, 2.75) is 110 Å². The summed E-state index contributed by atoms with van der Waals surface area (Å²) in [5.41, 5.74) is 6.51. The summed E-state index contributed by atoms with van der Waals surface area (Å²) in [6.07, 6.45) is 5.50. The minimum atomic E-state index is -0.593. The molecule has 0 aromatic carbocycles. The standard InChI is InChI=1S/C21H38N2O4/c1-7-10-11-17(24)14-12-16(23-20(25)27-21(4,5)6)19(22)18(13-14)26-15(8-2)9-3/h13,15-16,18-19H,7-12,22H2,1-6H3,(H,23,25)/t16-,18+,19+/m0/s1. The lowest BCUT2D eigenvalue weighted by molar-refractivity contribution is -0.116. The molecule has 6 nitrogen and oxygen atoms in total. The highest BCUT2D eigenvalue weighted by Gasteiger charge is 2.35. The van der Waals surface area contributed by atoms with Crippen LogP contribution in [0.1, 0.15) is 80.1 Å². The number of alkyl carbamates (subject to hydrolysis) is 1. The fraction of sp³-hybridized carbons (Fsp3) is 0.810. The second-order valence-electron chi connectivity index (χ2n) is 8.29. The van der Waals surface area contributed by atoms with Crippen LogP contribution in [-0.4, -0.2) is 41.8 Å². The number of hydrogen-bond donors (Lipinski definition) is 2. The zero-order chi connectivity index (χ0) is 20.6. The minimum Gasteiger partial charge on any atom is -0.444 e. The van der Waals surface area contributed by atoms with Crippen LogP contribution in [0.2, 0.25) is 0 Å². The third kappa shape index (κ3) is 8.01. The fourth-order valence-corrected chi connectivity index (χ4v) is 3.12. The number of nitrogens with two attached hydrogens (primary N) is 1. The number of ether oxygens (including phenoxy) is 2. The molecule has 3 atom stereocenters. The number of unbranched alkanes of at least 4 members (excludes halogenated alkanes) is 1. The summed E-state index contributed by atoms with van der Waals surface area (Å²) < 4.78 is 11.5. The Hall–Kier alpha value is -1.40. The maximum Gasteiger partial charge on any atom is 0.407 e. The fourth-order valence-electron chi connectivity index (χ4n) is 3.12. The first-order chi connectivity index (χ1) is 12.6. The van der Waals surface area contributed by atoms with Gasteiger partial charge in [0, 0.05) is 6.42 Å². The molecule has 0 radical (unpaired) electrons. The first kappa shape index (κ1) is 23.6. The first-order valence-corrected chi connectivity index (χ1v) is 10.3. The van der Waals surface area contributed by atoms with Gasteiger partial charge in [0.25, 0.3) is 0 Å². The van der Waals surface area contributed by atoms with Crippen LogP contribution < -0.4 is 11.1 Å². The van der Waals surface area contributed by atoms with Gasteiger partial charge in [-0.15, -0.1) is 0 Å². The number of Topliss-reactive ketones (excluding diaryl/α,β-unsaturated/α-hetero) is 1. The third-order valence-corrected chi connectivity index (χ3v) is 4.73. The summed E-state index contributed by atoms with van der Waals surface area (Å²) in [4.78, 5) is 24.8. The predicted molar refractivity (Wildman–Crippen MR) is 108 cm³/mol. The Bertz CT molecular complexity index is 521. The Balaban J connectivity index is 2.96. The van der Waals surface area contributed by atoms with E-state index in [0.717, 1.165) is 25.7 Å². The molecule has 0 saturated carbocycles. The number of amides is 1. The van der Waals surface area contributed by atoms with Gasteiger partial charge in [0.15, 0.2) is 5.78 Å². The molecule has 1 aliphatic carbocycles. The van der Waals surface area contributed by atoms with Crippen LogP contribution in [0.25, 0.3) is 0 Å². The number of ketones is 1. The smallest absolute Gasteiger partial charge is 0.407 e. The van der Waals surface area contributed by atoms with Crippen molar-refractivity contribution in [3.8, 4) is 0 Å². The Morgan fingerprint density at radius 3 is 2.41 bits per heavy atom. The average molecular weight is 383 g/mol. The maximum atomic E-state index is 12.6. The molecule has 1 rings (SSSR count). The van der Waals surface area contributed by atoms with Crippen molar-refractivity contribution in [2.75, 3.05) is 0 Å². The molecule has 1 amide bonds. The van der Waals surface area contributed by atoms with Gasteiger partial charge >= 0.3 is 6.09 Å². The van der Waals surface area contributed by atoms with Crippen LogP contribution in [0.3, 0.4) is 0 Å². The summed E-state index contributed by atoms with van der Waals surface area (Å²) in [6, 6.07) is -0.828. The lowest BCUT2D eigenvalue weighted by Gasteiger charge is -2.36. The van der Waals surface area contributed by atoms with E-state index >= 15 is 0 Å². The molecule has 0 heterocycles. The van der Waals surface area contributed by atoms with E-state index in [9.17, 15) is 9.59 Å². The van der Waals surface area contributed by atoms with Gasteiger partial charge < -0.3 is 20.5 Å². The molecule has 0 aromatic rings. The Labute approximate surface area is 164 Å². The molecule has 0 aliphatic heterocycles. The molecule has 0 unspecified atom stereocenters. The molecule has 0 fully saturated rings. The molecule has 0 aromatic heterocycles. The molecule has 0 saturated heterocycles. The molecule has 27 heavy (non-hydrogen) atoms. The highest BCUT2D eigenvalue weighted by molar-refractivity contribution is 5.95. The molecule has 156 valence electrons. The first-order valence-electron chi connectivity index (χ1n) is 10.3. The van der Waals surface area contributed by atoms with Crippen LogP contribution in [0.5, 0.6) is 0 Å². The van der Waals surface area contributed by atoms with Crippen molar-refractivity contribution in [2.24, 2.45) is 5.73 Å². The number of rotatable bonds is 9. The van der Waals surface area contributed by atoms with E-state index in [2.05, 4.69) is 26.1 Å². The maximum absolute atomic E-state index is 12.6. The predicted octanol–water partition coefficient (Wildman–Crippen LogP) is 3.87. The summed E-state index contributed by atoms with van der Waals surface area (Å²) >= 11 is 0. The number of nitrogens with one attached hydrogen (secondary N) is 1. The SMILES string of the molecule is CCCCC(=O)C1=C[C@@H](OC(CC)CC)[C@H](N)[C@@H](NC(=O)OC(C)(C)C)C1. The van der Waals surface area contributed by atoms with E-state index in [0.29, 0.717) is 18.4 Å². The van der Waals surface area contributed by atoms with E-state index in [1.807, 2.05) is 26.8 Å². The second kappa shape index (κ2) is 10.8. The topological polar surface area (TPSA) is 90.6 Å². The molecular weight excluding hydrogens is 344 g/mol. The highest BCUT2D eigenvalue weighted by atomic mass is 16.6. The monoisotopic (exact) mass is 382 g/mol. The van der Waals surface area contributed by atoms with E-state index < -0.39 is 29.9 Å². The van der Waals surface area contributed by atoms with Crippen LogP contribution >= 0.6 is 0 Å². The molecular formula is C21H38N2O4. The number of carbonyl (C=O) groups excluding carboxylic acids is 2. The van der Waals surface area contributed by atoms with Crippen molar-refractivity contribution < 1.29 is 19.1 Å². The summed E-state index contributed by atoms with van der Waals surface area (Å²) in [5, 5.41) is 2.85. The van der Waals surface area contributed by atoms with Gasteiger partial charge in [0.05, 0.1) is 24.3 Å². The zero-order valence-corrected chi connectivity index (χ0v) is 17.8. The number of hydrogen-bond acceptors (Lipinski definition) is 5. The van der Waals surface area contributed by atoms with E-state index in [-0.39, 0.29) is 11.9 Å². The van der Waals surface area contributed by atoms with Gasteiger partial charge in [-0.1, -0.05) is 27.2 Å². The van der Waals surface area contributed by atoms with Crippen molar-refractivity contribution in [1.82, 2.24) is 5.32 Å². The van der Waals surface area contributed by atoms with Crippen molar-refractivity contribution in [1.29, 1.82) is 0 Å². The quantitative estimate of drug-likeness (QED) is 0.632. The second-order valence-corrected chi connectivity index (χ2v) is 8.29. The number of carbonyl (C=O) groups is 2. The van der Waals surface area contributed by atoms with Crippen LogP contribution in [0.15, 0.2) is 11.6 Å². The Morgan fingerprint density at radius 1 is 1.26 bits per heavy atom. The van der Waals surface area contributed by atoms with Crippen LogP contribution in [0, 0.1) is 0 Å². The normalized spacial score (nSPS) is 23.1. The summed E-state index contributed by atoms with van der Waals surface area (Å²) in [6.45, 7) is 11.6. The Kier molecular flexibility index (Phi) is 9.47. The van der Waals surface area contributed by atoms with Gasteiger partial charge in [-0.2, -0.15) is 0 Å². The molecule has 1 aliphatic rings. The van der Waals surface area contributed by atoms with E-state index in [4.69, 9.17) is 15.2 Å². The zero-order valence-electron chi connectivity index (χ0n) is 17.8. The van der Waals surface area contributed by atoms with Crippen molar-refractivity contribution in [3.05, 3.63) is 11.6 Å². The van der Waals surface area contributed by atoms with Crippen LogP contribution in [0.4, 0.5) is 4.79 Å². The molecule has 0 spiro atoms. The highest BCUT2D eigenvalue weighted by Crippen LogP contribution is 2.25. The van der Waals surface area contributed by atoms with E-state index in [1.54, 1.807) is 0 Å². The largest absolute Gasteiger partial charge is 0.444 e. The van der Waals surface area contributed by atoms with E-state index in [1.165, 1.54) is 0 Å². The lowest BCUT2D eigenvalue weighted by Crippen LogP contribution is -2.57. The van der Waals surface area contributed by atoms with Gasteiger partial charge in [-0.25, -0.2) is 4.79 Å². The average Bonchev–Trinajstić information content (AvgIpc) is 2.58. The molecule has 0 bridgehead atoms. The van der Waals surface area contributed by atoms with Crippen molar-refractivity contribution in [3.63, 3.8) is 0 Å². The lowest BCUT2D eigenvalue weighted by atomic mass is 9.85. The Morgan fingerprint density at radius 2 is 1.89 bits per heavy atom. The third-order valence-electron chi connectivity index (χ3n) is 4.73. The van der Waals surface area contributed by atoms with Crippen LogP contribution in [-0.2, 0) is 14.3 Å². The van der Waals surface area contributed by atoms with Gasteiger partial charge in [0.1, 0.15) is 5.60 Å². The van der Waals surface area contributed by atoms with Gasteiger partial charge in [-0.05, 0) is 58.1 Å². The van der Waals surface area contributed by atoms with Gasteiger partial charge in [-0.3, -0.25) is 4.79 Å². The summed E-state index contributed by atoms with van der Waals surface area (Å²) in [5.74, 6) is 0.109. The van der Waals surface area contributed by atoms with Gasteiger partial charge in [0.2, 0.25) is 0 Å². The van der Waals surface area contributed by atoms with Crippen molar-refractivity contribution >= 4 is 11.9 Å².